The molecule has 5 nitrogen and oxygen atoms in total. The van der Waals surface area contributed by atoms with Crippen molar-refractivity contribution in [2.24, 2.45) is 0 Å². The quantitative estimate of drug-likeness (QED) is 0.872. The minimum atomic E-state index is -0.119. The van der Waals surface area contributed by atoms with Crippen molar-refractivity contribution in [1.29, 1.82) is 0 Å². The van der Waals surface area contributed by atoms with Gasteiger partial charge in [0.1, 0.15) is 11.5 Å². The summed E-state index contributed by atoms with van der Waals surface area (Å²) < 4.78 is 0. The van der Waals surface area contributed by atoms with Gasteiger partial charge in [0.2, 0.25) is 0 Å². The summed E-state index contributed by atoms with van der Waals surface area (Å²) in [4.78, 5) is 20.6. The van der Waals surface area contributed by atoms with Gasteiger partial charge in [-0.2, -0.15) is 11.8 Å². The summed E-state index contributed by atoms with van der Waals surface area (Å²) >= 11 is 1.84. The van der Waals surface area contributed by atoms with E-state index in [1.807, 2.05) is 18.7 Å². The van der Waals surface area contributed by atoms with Crippen molar-refractivity contribution < 1.29 is 4.79 Å². The van der Waals surface area contributed by atoms with Crippen molar-refractivity contribution in [2.45, 2.75) is 43.9 Å². The summed E-state index contributed by atoms with van der Waals surface area (Å²) in [6, 6.07) is 0.251. The number of rotatable bonds is 5. The van der Waals surface area contributed by atoms with E-state index in [-0.39, 0.29) is 11.9 Å². The van der Waals surface area contributed by atoms with Gasteiger partial charge in [-0.05, 0) is 26.0 Å². The number of nitrogens with zero attached hydrogens (tertiary/aromatic N) is 2. The largest absolute Gasteiger partial charge is 0.369 e. The van der Waals surface area contributed by atoms with Crippen molar-refractivity contribution in [3.8, 4) is 0 Å². The molecule has 20 heavy (non-hydrogen) atoms. The van der Waals surface area contributed by atoms with Crippen LogP contribution in [0.5, 0.6) is 0 Å². The molecule has 2 unspecified atom stereocenters. The smallest absolute Gasteiger partial charge is 0.271 e. The van der Waals surface area contributed by atoms with Crippen LogP contribution in [-0.2, 0) is 0 Å². The predicted octanol–water partition coefficient (Wildman–Crippen LogP) is 2.31. The van der Waals surface area contributed by atoms with Crippen molar-refractivity contribution >= 4 is 23.5 Å². The van der Waals surface area contributed by atoms with E-state index in [1.54, 1.807) is 6.20 Å². The van der Waals surface area contributed by atoms with Gasteiger partial charge in [-0.25, -0.2) is 9.97 Å². The molecule has 1 aliphatic carbocycles. The van der Waals surface area contributed by atoms with Gasteiger partial charge in [0.25, 0.3) is 5.91 Å². The number of carbonyl (C=O) groups excluding carboxylic acids is 1. The lowest BCUT2D eigenvalue weighted by Gasteiger charge is -2.30. The van der Waals surface area contributed by atoms with Crippen LogP contribution in [0.2, 0.25) is 0 Å². The molecule has 0 spiro atoms. The molecule has 1 fully saturated rings. The molecule has 1 aliphatic rings. The van der Waals surface area contributed by atoms with Crippen LogP contribution in [0.3, 0.4) is 0 Å². The Morgan fingerprint density at radius 2 is 2.15 bits per heavy atom. The molecule has 1 saturated carbocycles. The summed E-state index contributed by atoms with van der Waals surface area (Å²) in [6.45, 7) is 2.78. The highest BCUT2D eigenvalue weighted by Crippen LogP contribution is 2.27. The third-order valence-electron chi connectivity index (χ3n) is 3.56. The fraction of sp³-hybridized carbons (Fsp3) is 0.643. The molecule has 2 N–H and O–H groups in total. The monoisotopic (exact) mass is 294 g/mol. The van der Waals surface area contributed by atoms with Gasteiger partial charge in [-0.15, -0.1) is 0 Å². The first kappa shape index (κ1) is 15.1. The molecule has 2 rings (SSSR count). The standard InChI is InChI=1S/C14H22N4OS/c1-3-15-13-9-16-11(8-17-13)14(19)18-10-6-4-5-7-12(10)20-2/h8-10,12H,3-7H2,1-2H3,(H,15,17)(H,18,19). The average molecular weight is 294 g/mol. The molecule has 2 atom stereocenters. The number of nitrogens with one attached hydrogen (secondary N) is 2. The Morgan fingerprint density at radius 3 is 2.80 bits per heavy atom. The van der Waals surface area contributed by atoms with Gasteiger partial charge in [0.15, 0.2) is 0 Å². The minimum absolute atomic E-state index is 0.119. The average Bonchev–Trinajstić information content (AvgIpc) is 2.49. The van der Waals surface area contributed by atoms with Crippen molar-refractivity contribution in [3.05, 3.63) is 18.1 Å². The van der Waals surface area contributed by atoms with Crippen LogP contribution in [0.4, 0.5) is 5.82 Å². The van der Waals surface area contributed by atoms with E-state index in [0.717, 1.165) is 13.0 Å². The third-order valence-corrected chi connectivity index (χ3v) is 4.73. The topological polar surface area (TPSA) is 66.9 Å². The summed E-state index contributed by atoms with van der Waals surface area (Å²) in [5.74, 6) is 0.579. The van der Waals surface area contributed by atoms with Crippen LogP contribution in [0.15, 0.2) is 12.4 Å². The minimum Gasteiger partial charge on any atom is -0.369 e. The number of thioether (sulfide) groups is 1. The fourth-order valence-corrected chi connectivity index (χ4v) is 3.44. The molecule has 1 aromatic rings. The normalized spacial score (nSPS) is 22.3. The molecular formula is C14H22N4OS. The second-order valence-corrected chi connectivity index (χ2v) is 6.03. The number of aromatic nitrogens is 2. The van der Waals surface area contributed by atoms with Crippen molar-refractivity contribution in [1.82, 2.24) is 15.3 Å². The molecule has 0 radical (unpaired) electrons. The molecule has 0 bridgehead atoms. The number of carbonyl (C=O) groups is 1. The van der Waals surface area contributed by atoms with Gasteiger partial charge in [-0.1, -0.05) is 12.8 Å². The van der Waals surface area contributed by atoms with Gasteiger partial charge in [0, 0.05) is 17.8 Å². The summed E-state index contributed by atoms with van der Waals surface area (Å²) in [5, 5.41) is 6.68. The number of anilines is 1. The van der Waals surface area contributed by atoms with Crippen LogP contribution in [0, 0.1) is 0 Å². The second kappa shape index (κ2) is 7.47. The van der Waals surface area contributed by atoms with E-state index >= 15 is 0 Å². The van der Waals surface area contributed by atoms with E-state index < -0.39 is 0 Å². The summed E-state index contributed by atoms with van der Waals surface area (Å²) in [7, 11) is 0. The zero-order chi connectivity index (χ0) is 14.4. The van der Waals surface area contributed by atoms with E-state index in [4.69, 9.17) is 0 Å². The maximum absolute atomic E-state index is 12.2. The van der Waals surface area contributed by atoms with Crippen LogP contribution in [0.25, 0.3) is 0 Å². The summed E-state index contributed by atoms with van der Waals surface area (Å²) in [6.07, 6.45) is 9.93. The number of hydrogen-bond acceptors (Lipinski definition) is 5. The Hall–Kier alpha value is -1.30. The molecule has 1 aromatic heterocycles. The Labute approximate surface area is 124 Å². The zero-order valence-electron chi connectivity index (χ0n) is 12.1. The lowest BCUT2D eigenvalue weighted by Crippen LogP contribution is -2.43. The first-order chi connectivity index (χ1) is 9.74. The van der Waals surface area contributed by atoms with E-state index in [2.05, 4.69) is 26.9 Å². The van der Waals surface area contributed by atoms with Crippen molar-refractivity contribution in [3.63, 3.8) is 0 Å². The van der Waals surface area contributed by atoms with Crippen LogP contribution in [-0.4, -0.2) is 40.0 Å². The highest BCUT2D eigenvalue weighted by Gasteiger charge is 2.26. The first-order valence-corrected chi connectivity index (χ1v) is 8.43. The molecule has 1 amide bonds. The van der Waals surface area contributed by atoms with Crippen LogP contribution in [0.1, 0.15) is 43.1 Å². The zero-order valence-corrected chi connectivity index (χ0v) is 12.9. The van der Waals surface area contributed by atoms with Crippen LogP contribution < -0.4 is 10.6 Å². The predicted molar refractivity (Wildman–Crippen MR) is 83.2 cm³/mol. The molecule has 1 heterocycles. The van der Waals surface area contributed by atoms with E-state index in [1.165, 1.54) is 25.5 Å². The highest BCUT2D eigenvalue weighted by molar-refractivity contribution is 7.99. The van der Waals surface area contributed by atoms with Gasteiger partial charge >= 0.3 is 0 Å². The number of amides is 1. The van der Waals surface area contributed by atoms with Gasteiger partial charge in [-0.3, -0.25) is 4.79 Å². The lowest BCUT2D eigenvalue weighted by atomic mass is 9.95. The maximum Gasteiger partial charge on any atom is 0.271 e. The fourth-order valence-electron chi connectivity index (χ4n) is 2.50. The molecule has 110 valence electrons. The van der Waals surface area contributed by atoms with Gasteiger partial charge < -0.3 is 10.6 Å². The Bertz CT molecular complexity index is 437. The number of hydrogen-bond donors (Lipinski definition) is 2. The molecule has 0 saturated heterocycles. The Kier molecular flexibility index (Phi) is 5.64. The molecule has 0 aliphatic heterocycles. The van der Waals surface area contributed by atoms with Crippen molar-refractivity contribution in [2.75, 3.05) is 18.1 Å². The first-order valence-electron chi connectivity index (χ1n) is 7.14. The van der Waals surface area contributed by atoms with Gasteiger partial charge in [0.05, 0.1) is 12.4 Å². The molecule has 0 aromatic carbocycles. The molecular weight excluding hydrogens is 272 g/mol. The maximum atomic E-state index is 12.2. The third kappa shape index (κ3) is 3.85. The van der Waals surface area contributed by atoms with Crippen LogP contribution >= 0.6 is 11.8 Å². The van der Waals surface area contributed by atoms with E-state index in [0.29, 0.717) is 16.8 Å². The van der Waals surface area contributed by atoms with E-state index in [9.17, 15) is 4.79 Å². The second-order valence-electron chi connectivity index (χ2n) is 4.96. The Morgan fingerprint density at radius 1 is 1.35 bits per heavy atom. The lowest BCUT2D eigenvalue weighted by molar-refractivity contribution is 0.0924. The SMILES string of the molecule is CCNc1cnc(C(=O)NC2CCCCC2SC)cn1. The highest BCUT2D eigenvalue weighted by atomic mass is 32.2. The summed E-state index contributed by atoms with van der Waals surface area (Å²) in [5.41, 5.74) is 0.386. The molecule has 6 heteroatoms. The Balaban J connectivity index is 1.96.